The lowest BCUT2D eigenvalue weighted by molar-refractivity contribution is -0.114. The van der Waals surface area contributed by atoms with E-state index >= 15 is 0 Å². The van der Waals surface area contributed by atoms with E-state index in [0.29, 0.717) is 35.1 Å². The molecule has 4 rings (SSSR count). The molecular formula is C21H21N3O2. The highest BCUT2D eigenvalue weighted by Crippen LogP contribution is 2.39. The molecule has 5 nitrogen and oxygen atoms in total. The Bertz CT molecular complexity index is 919. The molecule has 2 aromatic carbocycles. The van der Waals surface area contributed by atoms with Gasteiger partial charge in [0.05, 0.1) is 22.6 Å². The highest BCUT2D eigenvalue weighted by molar-refractivity contribution is 6.20. The number of carbonyl (C=O) groups excluding carboxylic acids is 2. The molecule has 2 aliphatic rings. The van der Waals surface area contributed by atoms with Crippen molar-refractivity contribution in [2.24, 2.45) is 0 Å². The van der Waals surface area contributed by atoms with Crippen molar-refractivity contribution in [3.8, 4) is 0 Å². The highest BCUT2D eigenvalue weighted by atomic mass is 16.2. The zero-order valence-corrected chi connectivity index (χ0v) is 14.9. The maximum Gasteiger partial charge on any atom is 0.258 e. The van der Waals surface area contributed by atoms with Crippen LogP contribution in [-0.4, -0.2) is 36.3 Å². The molecule has 0 aromatic heterocycles. The summed E-state index contributed by atoms with van der Waals surface area (Å²) in [5.41, 5.74) is 3.24. The van der Waals surface area contributed by atoms with Crippen molar-refractivity contribution in [3.63, 3.8) is 0 Å². The third kappa shape index (κ3) is 2.70. The summed E-state index contributed by atoms with van der Waals surface area (Å²) in [7, 11) is 2.06. The fourth-order valence-corrected chi connectivity index (χ4v) is 3.48. The topological polar surface area (TPSA) is 52.7 Å². The molecule has 2 amide bonds. The number of hydrogen-bond acceptors (Lipinski definition) is 3. The number of nitrogens with zero attached hydrogens (tertiary/aromatic N) is 2. The molecule has 2 aliphatic heterocycles. The molecular weight excluding hydrogens is 326 g/mol. The average Bonchev–Trinajstić information content (AvgIpc) is 2.77. The van der Waals surface area contributed by atoms with Gasteiger partial charge in [0.1, 0.15) is 0 Å². The zero-order valence-electron chi connectivity index (χ0n) is 14.9. The average molecular weight is 347 g/mol. The van der Waals surface area contributed by atoms with Gasteiger partial charge in [0.25, 0.3) is 11.8 Å². The van der Waals surface area contributed by atoms with Crippen LogP contribution < -0.4 is 10.2 Å². The second-order valence-corrected chi connectivity index (χ2v) is 6.85. The number of fused-ring (bicyclic) bond motifs is 2. The normalized spacial score (nSPS) is 19.8. The van der Waals surface area contributed by atoms with Gasteiger partial charge in [0, 0.05) is 18.2 Å². The molecule has 5 heteroatoms. The Hall–Kier alpha value is -2.92. The van der Waals surface area contributed by atoms with Gasteiger partial charge in [-0.15, -0.1) is 0 Å². The van der Waals surface area contributed by atoms with Crippen LogP contribution in [0.2, 0.25) is 0 Å². The molecule has 132 valence electrons. The van der Waals surface area contributed by atoms with Gasteiger partial charge in [-0.3, -0.25) is 19.4 Å². The standard InChI is InChI=1S/C21H21N3O2/c1-14-13-15(11-12-23(14)2)21(26)24-18-9-5-3-7-16(18)20(25)22-17-8-4-6-10-19(17)24/h3-11,14H,12-13H2,1-2H3,(H,22,25). The van der Waals surface area contributed by atoms with E-state index in [4.69, 9.17) is 0 Å². The predicted molar refractivity (Wildman–Crippen MR) is 103 cm³/mol. The van der Waals surface area contributed by atoms with E-state index < -0.39 is 0 Å². The van der Waals surface area contributed by atoms with Crippen LogP contribution in [-0.2, 0) is 4.79 Å². The molecule has 1 N–H and O–H groups in total. The van der Waals surface area contributed by atoms with Crippen LogP contribution in [0, 0.1) is 0 Å². The fourth-order valence-electron chi connectivity index (χ4n) is 3.48. The Morgan fingerprint density at radius 3 is 2.54 bits per heavy atom. The maximum absolute atomic E-state index is 13.5. The van der Waals surface area contributed by atoms with Crippen molar-refractivity contribution >= 4 is 28.9 Å². The number of para-hydroxylation sites is 3. The van der Waals surface area contributed by atoms with Crippen molar-refractivity contribution in [3.05, 3.63) is 65.7 Å². The molecule has 0 spiro atoms. The van der Waals surface area contributed by atoms with Crippen LogP contribution in [0.4, 0.5) is 17.1 Å². The maximum atomic E-state index is 13.5. The highest BCUT2D eigenvalue weighted by Gasteiger charge is 2.32. The van der Waals surface area contributed by atoms with Crippen molar-refractivity contribution in [1.82, 2.24) is 4.90 Å². The Labute approximate surface area is 152 Å². The van der Waals surface area contributed by atoms with Crippen molar-refractivity contribution < 1.29 is 9.59 Å². The minimum atomic E-state index is -0.200. The third-order valence-electron chi connectivity index (χ3n) is 5.15. The summed E-state index contributed by atoms with van der Waals surface area (Å²) in [6, 6.07) is 15.0. The van der Waals surface area contributed by atoms with Crippen molar-refractivity contribution in [2.45, 2.75) is 19.4 Å². The molecule has 26 heavy (non-hydrogen) atoms. The molecule has 2 heterocycles. The number of benzene rings is 2. The van der Waals surface area contributed by atoms with E-state index in [1.807, 2.05) is 48.5 Å². The SMILES string of the molecule is CC1CC(C(=O)N2c3ccccc3NC(=O)c3ccccc32)=CCN1C. The van der Waals surface area contributed by atoms with Gasteiger partial charge in [0.15, 0.2) is 0 Å². The third-order valence-corrected chi connectivity index (χ3v) is 5.15. The fraction of sp³-hybridized carbons (Fsp3) is 0.238. The van der Waals surface area contributed by atoms with Crippen LogP contribution in [0.3, 0.4) is 0 Å². The smallest absolute Gasteiger partial charge is 0.258 e. The van der Waals surface area contributed by atoms with Gasteiger partial charge >= 0.3 is 0 Å². The lowest BCUT2D eigenvalue weighted by atomic mass is 9.99. The van der Waals surface area contributed by atoms with Crippen LogP contribution in [0.5, 0.6) is 0 Å². The molecule has 0 fully saturated rings. The molecule has 0 aliphatic carbocycles. The molecule has 0 radical (unpaired) electrons. The van der Waals surface area contributed by atoms with Gasteiger partial charge < -0.3 is 5.32 Å². The first-order valence-electron chi connectivity index (χ1n) is 8.79. The number of anilines is 3. The number of amides is 2. The van der Waals surface area contributed by atoms with Crippen molar-refractivity contribution in [2.75, 3.05) is 23.8 Å². The van der Waals surface area contributed by atoms with E-state index in [1.165, 1.54) is 0 Å². The largest absolute Gasteiger partial charge is 0.320 e. The Morgan fingerprint density at radius 2 is 1.77 bits per heavy atom. The van der Waals surface area contributed by atoms with E-state index in [9.17, 15) is 9.59 Å². The Morgan fingerprint density at radius 1 is 1.08 bits per heavy atom. The van der Waals surface area contributed by atoms with Crippen molar-refractivity contribution in [1.29, 1.82) is 0 Å². The van der Waals surface area contributed by atoms with Gasteiger partial charge in [-0.05, 0) is 44.7 Å². The Kier molecular flexibility index (Phi) is 4.09. The lowest BCUT2D eigenvalue weighted by Gasteiger charge is -2.31. The van der Waals surface area contributed by atoms with Crippen LogP contribution in [0.15, 0.2) is 60.2 Å². The Balaban J connectivity index is 1.86. The van der Waals surface area contributed by atoms with E-state index in [2.05, 4.69) is 24.2 Å². The van der Waals surface area contributed by atoms with Crippen LogP contribution in [0.1, 0.15) is 23.7 Å². The van der Waals surface area contributed by atoms with E-state index in [1.54, 1.807) is 11.0 Å². The molecule has 1 atom stereocenters. The molecule has 2 aromatic rings. The van der Waals surface area contributed by atoms with Crippen LogP contribution in [0.25, 0.3) is 0 Å². The summed E-state index contributed by atoms with van der Waals surface area (Å²) >= 11 is 0. The second kappa shape index (κ2) is 6.42. The summed E-state index contributed by atoms with van der Waals surface area (Å²) in [6.07, 6.45) is 2.69. The summed E-state index contributed by atoms with van der Waals surface area (Å²) in [5.74, 6) is -0.268. The predicted octanol–water partition coefficient (Wildman–Crippen LogP) is 3.57. The number of rotatable bonds is 1. The first kappa shape index (κ1) is 16.5. The number of carbonyl (C=O) groups is 2. The van der Waals surface area contributed by atoms with Gasteiger partial charge in [-0.25, -0.2) is 0 Å². The lowest BCUT2D eigenvalue weighted by Crippen LogP contribution is -2.37. The minimum absolute atomic E-state index is 0.0682. The van der Waals surface area contributed by atoms with E-state index in [0.717, 1.165) is 12.1 Å². The monoisotopic (exact) mass is 347 g/mol. The van der Waals surface area contributed by atoms with Gasteiger partial charge in [-0.2, -0.15) is 0 Å². The summed E-state index contributed by atoms with van der Waals surface area (Å²) in [4.78, 5) is 30.0. The van der Waals surface area contributed by atoms with Gasteiger partial charge in [-0.1, -0.05) is 30.3 Å². The minimum Gasteiger partial charge on any atom is -0.320 e. The summed E-state index contributed by atoms with van der Waals surface area (Å²) < 4.78 is 0. The van der Waals surface area contributed by atoms with Crippen LogP contribution >= 0.6 is 0 Å². The number of hydrogen-bond donors (Lipinski definition) is 1. The second-order valence-electron chi connectivity index (χ2n) is 6.85. The summed E-state index contributed by atoms with van der Waals surface area (Å²) in [5, 5.41) is 2.92. The molecule has 0 bridgehead atoms. The number of likely N-dealkylation sites (N-methyl/N-ethyl adjacent to an activating group) is 1. The molecule has 0 saturated carbocycles. The first-order valence-corrected chi connectivity index (χ1v) is 8.79. The first-order chi connectivity index (χ1) is 12.6. The zero-order chi connectivity index (χ0) is 18.3. The quantitative estimate of drug-likeness (QED) is 0.858. The van der Waals surface area contributed by atoms with Gasteiger partial charge in [0.2, 0.25) is 0 Å². The summed E-state index contributed by atoms with van der Waals surface area (Å²) in [6.45, 7) is 2.87. The molecule has 1 unspecified atom stereocenters. The van der Waals surface area contributed by atoms with E-state index in [-0.39, 0.29) is 11.8 Å². The molecule has 0 saturated heterocycles. The number of nitrogens with one attached hydrogen (secondary N) is 1.